The summed E-state index contributed by atoms with van der Waals surface area (Å²) in [6.07, 6.45) is 0. The standard InChI is InChI=1S/C11H14ClNO2/c1-3-15-11-5-4-10(13-8(2)14)6-9(11)7-12/h4-6H,3,7H2,1-2H3,(H,13,14). The van der Waals surface area contributed by atoms with Crippen LogP contribution in [0.15, 0.2) is 18.2 Å². The predicted octanol–water partition coefficient (Wildman–Crippen LogP) is 2.78. The summed E-state index contributed by atoms with van der Waals surface area (Å²) in [6.45, 7) is 3.99. The number of benzene rings is 1. The highest BCUT2D eigenvalue weighted by molar-refractivity contribution is 6.17. The van der Waals surface area contributed by atoms with Crippen LogP contribution in [-0.4, -0.2) is 12.5 Å². The van der Waals surface area contributed by atoms with Gasteiger partial charge in [-0.2, -0.15) is 0 Å². The third-order valence-corrected chi connectivity index (χ3v) is 2.11. The summed E-state index contributed by atoms with van der Waals surface area (Å²) >= 11 is 5.78. The summed E-state index contributed by atoms with van der Waals surface area (Å²) in [5, 5.41) is 2.70. The van der Waals surface area contributed by atoms with Gasteiger partial charge in [-0.15, -0.1) is 11.6 Å². The van der Waals surface area contributed by atoms with Gasteiger partial charge in [-0.25, -0.2) is 0 Å². The van der Waals surface area contributed by atoms with Crippen LogP contribution < -0.4 is 10.1 Å². The molecule has 0 aliphatic rings. The van der Waals surface area contributed by atoms with E-state index >= 15 is 0 Å². The van der Waals surface area contributed by atoms with Crippen molar-refractivity contribution in [1.82, 2.24) is 0 Å². The number of rotatable bonds is 4. The topological polar surface area (TPSA) is 38.3 Å². The van der Waals surface area contributed by atoms with Gasteiger partial charge < -0.3 is 10.1 Å². The fourth-order valence-corrected chi connectivity index (χ4v) is 1.47. The Morgan fingerprint density at radius 1 is 1.53 bits per heavy atom. The van der Waals surface area contributed by atoms with E-state index in [0.717, 1.165) is 17.0 Å². The Balaban J connectivity index is 2.91. The number of hydrogen-bond donors (Lipinski definition) is 1. The number of alkyl halides is 1. The lowest BCUT2D eigenvalue weighted by Gasteiger charge is -2.10. The monoisotopic (exact) mass is 227 g/mol. The lowest BCUT2D eigenvalue weighted by atomic mass is 10.2. The molecule has 1 aromatic carbocycles. The first kappa shape index (κ1) is 11.9. The zero-order valence-corrected chi connectivity index (χ0v) is 9.60. The number of amides is 1. The number of carbonyl (C=O) groups excluding carboxylic acids is 1. The third kappa shape index (κ3) is 3.44. The molecule has 82 valence electrons. The van der Waals surface area contributed by atoms with Crippen molar-refractivity contribution in [3.63, 3.8) is 0 Å². The van der Waals surface area contributed by atoms with Crippen molar-refractivity contribution in [1.29, 1.82) is 0 Å². The number of carbonyl (C=O) groups is 1. The fourth-order valence-electron chi connectivity index (χ4n) is 1.26. The maximum atomic E-state index is 10.8. The molecule has 0 aliphatic heterocycles. The van der Waals surface area contributed by atoms with Crippen LogP contribution in [0.2, 0.25) is 0 Å². The van der Waals surface area contributed by atoms with Crippen LogP contribution in [0.3, 0.4) is 0 Å². The maximum Gasteiger partial charge on any atom is 0.221 e. The molecule has 1 aromatic rings. The summed E-state index contributed by atoms with van der Waals surface area (Å²) in [5.74, 6) is 1.03. The summed E-state index contributed by atoms with van der Waals surface area (Å²) in [5.41, 5.74) is 1.62. The molecule has 1 N–H and O–H groups in total. The molecule has 0 radical (unpaired) electrons. The average Bonchev–Trinajstić information content (AvgIpc) is 2.20. The molecule has 0 aliphatic carbocycles. The van der Waals surface area contributed by atoms with Crippen LogP contribution in [-0.2, 0) is 10.7 Å². The molecule has 0 fully saturated rings. The maximum absolute atomic E-state index is 10.8. The van der Waals surface area contributed by atoms with E-state index in [-0.39, 0.29) is 5.91 Å². The van der Waals surface area contributed by atoms with Gasteiger partial charge in [-0.1, -0.05) is 0 Å². The molecule has 0 atom stereocenters. The Labute approximate surface area is 94.4 Å². The van der Waals surface area contributed by atoms with Crippen molar-refractivity contribution >= 4 is 23.2 Å². The van der Waals surface area contributed by atoms with Gasteiger partial charge in [-0.05, 0) is 25.1 Å². The van der Waals surface area contributed by atoms with Gasteiger partial charge in [0.25, 0.3) is 0 Å². The molecule has 0 saturated carbocycles. The first-order valence-corrected chi connectivity index (χ1v) is 5.30. The number of ether oxygens (including phenoxy) is 1. The predicted molar refractivity (Wildman–Crippen MR) is 61.5 cm³/mol. The highest BCUT2D eigenvalue weighted by atomic mass is 35.5. The second kappa shape index (κ2) is 5.61. The fraction of sp³-hybridized carbons (Fsp3) is 0.364. The van der Waals surface area contributed by atoms with Crippen LogP contribution in [0.1, 0.15) is 19.4 Å². The van der Waals surface area contributed by atoms with Gasteiger partial charge in [0, 0.05) is 18.2 Å². The largest absolute Gasteiger partial charge is 0.494 e. The molecule has 15 heavy (non-hydrogen) atoms. The lowest BCUT2D eigenvalue weighted by Crippen LogP contribution is -2.06. The summed E-state index contributed by atoms with van der Waals surface area (Å²) in [4.78, 5) is 10.8. The molecule has 1 rings (SSSR count). The van der Waals surface area contributed by atoms with Gasteiger partial charge in [0.1, 0.15) is 5.75 Å². The number of halogens is 1. The van der Waals surface area contributed by atoms with Crippen molar-refractivity contribution in [3.8, 4) is 5.75 Å². The zero-order chi connectivity index (χ0) is 11.3. The number of nitrogens with one attached hydrogen (secondary N) is 1. The van der Waals surface area contributed by atoms with E-state index in [1.54, 1.807) is 6.07 Å². The summed E-state index contributed by atoms with van der Waals surface area (Å²) < 4.78 is 5.39. The van der Waals surface area contributed by atoms with Crippen LogP contribution in [0.25, 0.3) is 0 Å². The highest BCUT2D eigenvalue weighted by Gasteiger charge is 2.04. The van der Waals surface area contributed by atoms with Gasteiger partial charge in [0.05, 0.1) is 12.5 Å². The molecule has 3 nitrogen and oxygen atoms in total. The van der Waals surface area contributed by atoms with Crippen LogP contribution >= 0.6 is 11.6 Å². The normalized spacial score (nSPS) is 9.80. The summed E-state index contributed by atoms with van der Waals surface area (Å²) in [7, 11) is 0. The second-order valence-corrected chi connectivity index (χ2v) is 3.34. The molecular formula is C11H14ClNO2. The Morgan fingerprint density at radius 3 is 2.80 bits per heavy atom. The quantitative estimate of drug-likeness (QED) is 0.804. The average molecular weight is 228 g/mol. The second-order valence-electron chi connectivity index (χ2n) is 3.07. The molecule has 0 spiro atoms. The highest BCUT2D eigenvalue weighted by Crippen LogP contribution is 2.24. The molecule has 4 heteroatoms. The minimum Gasteiger partial charge on any atom is -0.494 e. The zero-order valence-electron chi connectivity index (χ0n) is 8.84. The van der Waals surface area contributed by atoms with Crippen LogP contribution in [0.4, 0.5) is 5.69 Å². The molecule has 0 unspecified atom stereocenters. The minimum absolute atomic E-state index is 0.0975. The molecule has 1 amide bonds. The molecular weight excluding hydrogens is 214 g/mol. The van der Waals surface area contributed by atoms with Crippen molar-refractivity contribution < 1.29 is 9.53 Å². The van der Waals surface area contributed by atoms with Crippen molar-refractivity contribution in [2.45, 2.75) is 19.7 Å². The first-order valence-electron chi connectivity index (χ1n) is 4.76. The van der Waals surface area contributed by atoms with E-state index in [9.17, 15) is 4.79 Å². The van der Waals surface area contributed by atoms with Gasteiger partial charge in [0.15, 0.2) is 0 Å². The Kier molecular flexibility index (Phi) is 4.43. The van der Waals surface area contributed by atoms with E-state index in [4.69, 9.17) is 16.3 Å². The Morgan fingerprint density at radius 2 is 2.27 bits per heavy atom. The van der Waals surface area contributed by atoms with Gasteiger partial charge in [-0.3, -0.25) is 4.79 Å². The van der Waals surface area contributed by atoms with Crippen molar-refractivity contribution in [3.05, 3.63) is 23.8 Å². The van der Waals surface area contributed by atoms with Crippen molar-refractivity contribution in [2.75, 3.05) is 11.9 Å². The van der Waals surface area contributed by atoms with Crippen LogP contribution in [0, 0.1) is 0 Å². The molecule has 0 bridgehead atoms. The van der Waals surface area contributed by atoms with E-state index in [1.807, 2.05) is 19.1 Å². The van der Waals surface area contributed by atoms with Gasteiger partial charge in [0.2, 0.25) is 5.91 Å². The smallest absolute Gasteiger partial charge is 0.221 e. The molecule has 0 heterocycles. The molecule has 0 aromatic heterocycles. The van der Waals surface area contributed by atoms with Crippen LogP contribution in [0.5, 0.6) is 5.75 Å². The Bertz CT molecular complexity index is 352. The van der Waals surface area contributed by atoms with E-state index < -0.39 is 0 Å². The number of hydrogen-bond acceptors (Lipinski definition) is 2. The first-order chi connectivity index (χ1) is 7.17. The SMILES string of the molecule is CCOc1ccc(NC(C)=O)cc1CCl. The van der Waals surface area contributed by atoms with Crippen molar-refractivity contribution in [2.24, 2.45) is 0 Å². The Hall–Kier alpha value is -1.22. The van der Waals surface area contributed by atoms with E-state index in [2.05, 4.69) is 5.32 Å². The lowest BCUT2D eigenvalue weighted by molar-refractivity contribution is -0.114. The minimum atomic E-state index is -0.0975. The van der Waals surface area contributed by atoms with E-state index in [1.165, 1.54) is 6.92 Å². The third-order valence-electron chi connectivity index (χ3n) is 1.82. The molecule has 0 saturated heterocycles. The van der Waals surface area contributed by atoms with E-state index in [0.29, 0.717) is 12.5 Å². The van der Waals surface area contributed by atoms with Gasteiger partial charge >= 0.3 is 0 Å². The number of anilines is 1. The summed E-state index contributed by atoms with van der Waals surface area (Å²) in [6, 6.07) is 5.42.